The molecule has 2 aromatic rings. The molecule has 2 aromatic carbocycles. The Bertz CT molecular complexity index is 613. The average Bonchev–Trinajstić information content (AvgIpc) is 2.82. The third-order valence-corrected chi connectivity index (χ3v) is 2.89. The molecule has 0 radical (unpaired) electrons. The molecule has 0 aliphatic carbocycles. The summed E-state index contributed by atoms with van der Waals surface area (Å²) in [4.78, 5) is 5.42. The SMILES string of the molecule is CC1C=CN(/N=C/c2cccc3ccccc23)O1. The van der Waals surface area contributed by atoms with Gasteiger partial charge >= 0.3 is 0 Å². The topological polar surface area (TPSA) is 24.8 Å². The first-order valence-corrected chi connectivity index (χ1v) is 5.99. The van der Waals surface area contributed by atoms with Crippen LogP contribution in [0.5, 0.6) is 0 Å². The number of rotatable bonds is 2. The van der Waals surface area contributed by atoms with Crippen molar-refractivity contribution in [2.24, 2.45) is 5.10 Å². The summed E-state index contributed by atoms with van der Waals surface area (Å²) in [6.45, 7) is 1.98. The second-order valence-corrected chi connectivity index (χ2v) is 4.27. The van der Waals surface area contributed by atoms with Crippen molar-refractivity contribution in [1.82, 2.24) is 5.17 Å². The first-order chi connectivity index (χ1) is 8.83. The molecule has 0 saturated heterocycles. The zero-order chi connectivity index (χ0) is 12.4. The van der Waals surface area contributed by atoms with Crippen LogP contribution in [0.3, 0.4) is 0 Å². The summed E-state index contributed by atoms with van der Waals surface area (Å²) in [5, 5.41) is 8.20. The molecule has 1 heterocycles. The number of benzene rings is 2. The molecule has 3 rings (SSSR count). The Morgan fingerprint density at radius 3 is 2.83 bits per heavy atom. The van der Waals surface area contributed by atoms with Crippen molar-refractivity contribution >= 4 is 17.0 Å². The highest BCUT2D eigenvalue weighted by molar-refractivity contribution is 5.99. The molecular weight excluding hydrogens is 224 g/mol. The Kier molecular flexibility index (Phi) is 2.82. The minimum absolute atomic E-state index is 0.0923. The summed E-state index contributed by atoms with van der Waals surface area (Å²) in [5.74, 6) is 0. The van der Waals surface area contributed by atoms with E-state index in [1.165, 1.54) is 15.9 Å². The number of nitrogens with zero attached hydrogens (tertiary/aromatic N) is 2. The lowest BCUT2D eigenvalue weighted by Crippen LogP contribution is -2.10. The van der Waals surface area contributed by atoms with E-state index in [0.29, 0.717) is 0 Å². The highest BCUT2D eigenvalue weighted by Crippen LogP contribution is 2.17. The first-order valence-electron chi connectivity index (χ1n) is 5.99. The van der Waals surface area contributed by atoms with Crippen LogP contribution < -0.4 is 0 Å². The molecule has 18 heavy (non-hydrogen) atoms. The smallest absolute Gasteiger partial charge is 0.105 e. The van der Waals surface area contributed by atoms with E-state index in [0.717, 1.165) is 5.56 Å². The van der Waals surface area contributed by atoms with E-state index >= 15 is 0 Å². The average molecular weight is 238 g/mol. The number of fused-ring (bicyclic) bond motifs is 1. The monoisotopic (exact) mass is 238 g/mol. The predicted octanol–water partition coefficient (Wildman–Crippen LogP) is 3.32. The lowest BCUT2D eigenvalue weighted by atomic mass is 10.1. The highest BCUT2D eigenvalue weighted by atomic mass is 16.7. The molecule has 90 valence electrons. The summed E-state index contributed by atoms with van der Waals surface area (Å²) in [7, 11) is 0. The Morgan fingerprint density at radius 2 is 2.00 bits per heavy atom. The standard InChI is InChI=1S/C15H14N2O/c1-12-9-10-17(18-12)16-11-14-7-4-6-13-5-2-3-8-15(13)14/h2-12H,1H3/b16-11+. The lowest BCUT2D eigenvalue weighted by Gasteiger charge is -2.09. The van der Waals surface area contributed by atoms with Gasteiger partial charge in [-0.1, -0.05) is 42.5 Å². The zero-order valence-corrected chi connectivity index (χ0v) is 10.2. The van der Waals surface area contributed by atoms with Gasteiger partial charge in [0.1, 0.15) is 6.10 Å². The highest BCUT2D eigenvalue weighted by Gasteiger charge is 2.09. The summed E-state index contributed by atoms with van der Waals surface area (Å²) >= 11 is 0. The molecule has 0 amide bonds. The quantitative estimate of drug-likeness (QED) is 0.750. The molecule has 1 aliphatic heterocycles. The summed E-state index contributed by atoms with van der Waals surface area (Å²) in [5.41, 5.74) is 1.09. The molecule has 0 N–H and O–H groups in total. The number of hydroxylamine groups is 1. The van der Waals surface area contributed by atoms with Gasteiger partial charge in [0.2, 0.25) is 0 Å². The normalized spacial score (nSPS) is 19.2. The second-order valence-electron chi connectivity index (χ2n) is 4.27. The molecule has 1 aliphatic rings. The van der Waals surface area contributed by atoms with Crippen molar-refractivity contribution in [1.29, 1.82) is 0 Å². The van der Waals surface area contributed by atoms with Crippen molar-refractivity contribution < 1.29 is 4.84 Å². The van der Waals surface area contributed by atoms with Gasteiger partial charge in [0.25, 0.3) is 0 Å². The third-order valence-electron chi connectivity index (χ3n) is 2.89. The summed E-state index contributed by atoms with van der Waals surface area (Å²) in [6.07, 6.45) is 5.70. The van der Waals surface area contributed by atoms with Crippen LogP contribution in [0, 0.1) is 0 Å². The third kappa shape index (κ3) is 2.13. The lowest BCUT2D eigenvalue weighted by molar-refractivity contribution is -0.122. The summed E-state index contributed by atoms with van der Waals surface area (Å²) in [6, 6.07) is 14.5. The van der Waals surface area contributed by atoms with Crippen LogP contribution in [0.4, 0.5) is 0 Å². The maximum atomic E-state index is 5.42. The zero-order valence-electron chi connectivity index (χ0n) is 10.2. The molecule has 0 saturated carbocycles. The van der Waals surface area contributed by atoms with Gasteiger partial charge in [0, 0.05) is 5.56 Å². The van der Waals surface area contributed by atoms with E-state index in [4.69, 9.17) is 4.84 Å². The van der Waals surface area contributed by atoms with Crippen molar-refractivity contribution in [2.45, 2.75) is 13.0 Å². The first kappa shape index (κ1) is 11.0. The molecule has 0 bridgehead atoms. The Hall–Kier alpha value is -2.13. The number of hydrogen-bond donors (Lipinski definition) is 0. The van der Waals surface area contributed by atoms with E-state index in [-0.39, 0.29) is 6.10 Å². The largest absolute Gasteiger partial charge is 0.245 e. The molecular formula is C15H14N2O. The fourth-order valence-corrected chi connectivity index (χ4v) is 1.98. The van der Waals surface area contributed by atoms with E-state index in [9.17, 15) is 0 Å². The minimum Gasteiger partial charge on any atom is -0.245 e. The Balaban J connectivity index is 1.91. The van der Waals surface area contributed by atoms with Gasteiger partial charge in [0.15, 0.2) is 0 Å². The molecule has 3 nitrogen and oxygen atoms in total. The van der Waals surface area contributed by atoms with Crippen LogP contribution in [-0.4, -0.2) is 17.5 Å². The van der Waals surface area contributed by atoms with E-state index < -0.39 is 0 Å². The van der Waals surface area contributed by atoms with Crippen LogP contribution in [0.25, 0.3) is 10.8 Å². The van der Waals surface area contributed by atoms with Crippen LogP contribution in [0.1, 0.15) is 12.5 Å². The Morgan fingerprint density at radius 1 is 1.17 bits per heavy atom. The predicted molar refractivity (Wildman–Crippen MR) is 73.1 cm³/mol. The van der Waals surface area contributed by atoms with Crippen molar-refractivity contribution in [3.8, 4) is 0 Å². The minimum atomic E-state index is 0.0923. The molecule has 1 atom stereocenters. The van der Waals surface area contributed by atoms with Crippen LogP contribution >= 0.6 is 0 Å². The van der Waals surface area contributed by atoms with Crippen LogP contribution in [0.15, 0.2) is 59.8 Å². The van der Waals surface area contributed by atoms with Crippen LogP contribution in [0.2, 0.25) is 0 Å². The molecule has 0 aromatic heterocycles. The Labute approximate surface area is 106 Å². The molecule has 3 heteroatoms. The fraction of sp³-hybridized carbons (Fsp3) is 0.133. The number of hydrogen-bond acceptors (Lipinski definition) is 3. The number of hydrazone groups is 1. The maximum Gasteiger partial charge on any atom is 0.105 e. The van der Waals surface area contributed by atoms with Crippen molar-refractivity contribution in [3.63, 3.8) is 0 Å². The van der Waals surface area contributed by atoms with Crippen molar-refractivity contribution in [3.05, 3.63) is 60.3 Å². The van der Waals surface area contributed by atoms with Gasteiger partial charge in [0.05, 0.1) is 12.4 Å². The second kappa shape index (κ2) is 4.63. The van der Waals surface area contributed by atoms with Gasteiger partial charge in [-0.05, 0) is 23.8 Å². The van der Waals surface area contributed by atoms with E-state index in [2.05, 4.69) is 29.4 Å². The molecule has 1 unspecified atom stereocenters. The van der Waals surface area contributed by atoms with Gasteiger partial charge in [-0.3, -0.25) is 0 Å². The van der Waals surface area contributed by atoms with Gasteiger partial charge in [-0.2, -0.15) is 5.10 Å². The molecule has 0 spiro atoms. The summed E-state index contributed by atoms with van der Waals surface area (Å²) < 4.78 is 0. The van der Waals surface area contributed by atoms with Gasteiger partial charge in [-0.25, -0.2) is 4.84 Å². The van der Waals surface area contributed by atoms with E-state index in [1.807, 2.05) is 43.6 Å². The maximum absolute atomic E-state index is 5.42. The van der Waals surface area contributed by atoms with Crippen molar-refractivity contribution in [2.75, 3.05) is 0 Å². The van der Waals surface area contributed by atoms with Crippen LogP contribution in [-0.2, 0) is 4.84 Å². The fourth-order valence-electron chi connectivity index (χ4n) is 1.98. The molecule has 0 fully saturated rings. The van der Waals surface area contributed by atoms with Gasteiger partial charge in [-0.15, -0.1) is 5.17 Å². The van der Waals surface area contributed by atoms with E-state index in [1.54, 1.807) is 0 Å². The van der Waals surface area contributed by atoms with Gasteiger partial charge < -0.3 is 0 Å².